The third-order valence-corrected chi connectivity index (χ3v) is 4.12. The zero-order chi connectivity index (χ0) is 17.5. The summed E-state index contributed by atoms with van der Waals surface area (Å²) >= 11 is 0. The Hall–Kier alpha value is -1.20. The Morgan fingerprint density at radius 1 is 1.35 bits per heavy atom. The lowest BCUT2D eigenvalue weighted by atomic mass is 9.92. The van der Waals surface area contributed by atoms with Crippen molar-refractivity contribution in [2.24, 2.45) is 11.8 Å². The summed E-state index contributed by atoms with van der Waals surface area (Å²) in [6.07, 6.45) is 5.74. The Labute approximate surface area is 139 Å². The van der Waals surface area contributed by atoms with Gasteiger partial charge >= 0.3 is 5.97 Å². The second-order valence-electron chi connectivity index (χ2n) is 7.09. The van der Waals surface area contributed by atoms with Crippen molar-refractivity contribution in [2.45, 2.75) is 65.1 Å². The van der Waals surface area contributed by atoms with Gasteiger partial charge in [-0.1, -0.05) is 26.8 Å². The summed E-state index contributed by atoms with van der Waals surface area (Å²) in [5.41, 5.74) is -0.383. The molecule has 0 aromatic rings. The van der Waals surface area contributed by atoms with Gasteiger partial charge in [0.05, 0.1) is 31.3 Å². The van der Waals surface area contributed by atoms with Crippen LogP contribution in [-0.4, -0.2) is 41.8 Å². The highest BCUT2D eigenvalue weighted by atomic mass is 16.6. The van der Waals surface area contributed by atoms with Crippen molar-refractivity contribution in [1.29, 1.82) is 0 Å². The van der Waals surface area contributed by atoms with Gasteiger partial charge in [0.2, 0.25) is 0 Å². The number of hydrogen-bond acceptors (Lipinski definition) is 4. The highest BCUT2D eigenvalue weighted by Crippen LogP contribution is 2.26. The van der Waals surface area contributed by atoms with Crippen molar-refractivity contribution in [3.05, 3.63) is 12.2 Å². The summed E-state index contributed by atoms with van der Waals surface area (Å²) in [7, 11) is 0. The molecule has 5 heteroatoms. The molecule has 0 radical (unpaired) electrons. The molecule has 1 fully saturated rings. The number of carboxylic acid groups (broad SMARTS) is 1. The Kier molecular flexibility index (Phi) is 7.92. The fourth-order valence-corrected chi connectivity index (χ4v) is 2.51. The second kappa shape index (κ2) is 9.18. The third-order valence-electron chi connectivity index (χ3n) is 4.12. The molecule has 0 saturated carbocycles. The lowest BCUT2D eigenvalue weighted by Gasteiger charge is -2.37. The normalized spacial score (nSPS) is 26.6. The molecule has 0 bridgehead atoms. The van der Waals surface area contributed by atoms with E-state index in [2.05, 4.69) is 0 Å². The van der Waals surface area contributed by atoms with E-state index in [4.69, 9.17) is 14.6 Å². The molecule has 5 nitrogen and oxygen atoms in total. The van der Waals surface area contributed by atoms with Gasteiger partial charge in [-0.25, -0.2) is 0 Å². The minimum Gasteiger partial charge on any atom is -0.481 e. The zero-order valence-corrected chi connectivity index (χ0v) is 14.7. The molecule has 132 valence electrons. The SMILES string of the molecule is CC(C)/C=C/C(=O)C(C)CCCC1(C)COC(CC(=O)O)CO1. The van der Waals surface area contributed by atoms with Crippen LogP contribution >= 0.6 is 0 Å². The maximum Gasteiger partial charge on any atom is 0.306 e. The van der Waals surface area contributed by atoms with Crippen LogP contribution in [0, 0.1) is 11.8 Å². The van der Waals surface area contributed by atoms with E-state index < -0.39 is 5.97 Å². The van der Waals surface area contributed by atoms with Crippen molar-refractivity contribution in [3.63, 3.8) is 0 Å². The monoisotopic (exact) mass is 326 g/mol. The predicted octanol–water partition coefficient (Wildman–Crippen LogP) is 3.22. The zero-order valence-electron chi connectivity index (χ0n) is 14.7. The molecule has 0 spiro atoms. The number of ketones is 1. The van der Waals surface area contributed by atoms with Gasteiger partial charge in [-0.3, -0.25) is 9.59 Å². The van der Waals surface area contributed by atoms with Crippen molar-refractivity contribution in [2.75, 3.05) is 13.2 Å². The van der Waals surface area contributed by atoms with E-state index in [1.807, 2.05) is 33.8 Å². The van der Waals surface area contributed by atoms with Crippen LogP contribution in [0.1, 0.15) is 53.4 Å². The van der Waals surface area contributed by atoms with E-state index in [9.17, 15) is 9.59 Å². The van der Waals surface area contributed by atoms with Gasteiger partial charge in [-0.05, 0) is 38.2 Å². The van der Waals surface area contributed by atoms with Gasteiger partial charge in [-0.2, -0.15) is 0 Å². The standard InChI is InChI=1S/C18H30O5/c1-13(2)7-8-16(19)14(3)6-5-9-18(4)12-22-15(11-23-18)10-17(20)21/h7-8,13-15H,5-6,9-12H2,1-4H3,(H,20,21)/b8-7+. The average Bonchev–Trinajstić information content (AvgIpc) is 2.46. The smallest absolute Gasteiger partial charge is 0.306 e. The number of allylic oxidation sites excluding steroid dienone is 2. The molecule has 3 atom stereocenters. The first kappa shape index (κ1) is 19.8. The van der Waals surface area contributed by atoms with Crippen molar-refractivity contribution >= 4 is 11.8 Å². The first-order valence-electron chi connectivity index (χ1n) is 8.41. The Morgan fingerprint density at radius 2 is 2.04 bits per heavy atom. The van der Waals surface area contributed by atoms with Gasteiger partial charge in [0.15, 0.2) is 5.78 Å². The van der Waals surface area contributed by atoms with Crippen LogP contribution in [0.5, 0.6) is 0 Å². The molecule has 1 aliphatic heterocycles. The fraction of sp³-hybridized carbons (Fsp3) is 0.778. The largest absolute Gasteiger partial charge is 0.481 e. The molecule has 1 saturated heterocycles. The van der Waals surface area contributed by atoms with E-state index >= 15 is 0 Å². The van der Waals surface area contributed by atoms with E-state index in [0.29, 0.717) is 19.1 Å². The Bertz CT molecular complexity index is 419. The predicted molar refractivity (Wildman–Crippen MR) is 88.3 cm³/mol. The van der Waals surface area contributed by atoms with Crippen molar-refractivity contribution in [1.82, 2.24) is 0 Å². The van der Waals surface area contributed by atoms with Crippen LogP contribution in [0.2, 0.25) is 0 Å². The van der Waals surface area contributed by atoms with Crippen LogP contribution in [0.15, 0.2) is 12.2 Å². The molecule has 0 aromatic carbocycles. The lowest BCUT2D eigenvalue weighted by molar-refractivity contribution is -0.191. The van der Waals surface area contributed by atoms with Crippen LogP contribution in [0.3, 0.4) is 0 Å². The molecule has 1 heterocycles. The summed E-state index contributed by atoms with van der Waals surface area (Å²) in [5.74, 6) is -0.301. The second-order valence-corrected chi connectivity index (χ2v) is 7.09. The van der Waals surface area contributed by atoms with Gasteiger partial charge in [-0.15, -0.1) is 0 Å². The van der Waals surface area contributed by atoms with Gasteiger partial charge in [0.1, 0.15) is 0 Å². The molecule has 23 heavy (non-hydrogen) atoms. The highest BCUT2D eigenvalue weighted by Gasteiger charge is 2.33. The van der Waals surface area contributed by atoms with E-state index in [1.165, 1.54) is 0 Å². The van der Waals surface area contributed by atoms with Crippen molar-refractivity contribution < 1.29 is 24.2 Å². The summed E-state index contributed by atoms with van der Waals surface area (Å²) in [5, 5.41) is 8.76. The van der Waals surface area contributed by atoms with E-state index in [-0.39, 0.29) is 29.8 Å². The highest BCUT2D eigenvalue weighted by molar-refractivity contribution is 5.91. The number of carboxylic acids is 1. The van der Waals surface area contributed by atoms with Crippen molar-refractivity contribution in [3.8, 4) is 0 Å². The van der Waals surface area contributed by atoms with Crippen LogP contribution in [-0.2, 0) is 19.1 Å². The number of aliphatic carboxylic acids is 1. The quantitative estimate of drug-likeness (QED) is 0.659. The summed E-state index contributed by atoms with van der Waals surface area (Å²) in [4.78, 5) is 22.6. The molecule has 3 unspecified atom stereocenters. The molecule has 1 aliphatic rings. The van der Waals surface area contributed by atoms with Gasteiger partial charge in [0.25, 0.3) is 0 Å². The first-order chi connectivity index (χ1) is 10.7. The fourth-order valence-electron chi connectivity index (χ4n) is 2.51. The molecular weight excluding hydrogens is 296 g/mol. The Morgan fingerprint density at radius 3 is 2.57 bits per heavy atom. The number of carbonyl (C=O) groups is 2. The van der Waals surface area contributed by atoms with Crippen LogP contribution in [0.25, 0.3) is 0 Å². The Balaban J connectivity index is 2.30. The summed E-state index contributed by atoms with van der Waals surface area (Å²) < 4.78 is 11.4. The molecule has 1 rings (SSSR count). The third kappa shape index (κ3) is 7.75. The number of carbonyl (C=O) groups excluding carboxylic acids is 1. The molecular formula is C18H30O5. The summed E-state index contributed by atoms with van der Waals surface area (Å²) in [6.45, 7) is 8.75. The minimum atomic E-state index is -0.871. The van der Waals surface area contributed by atoms with Crippen LogP contribution in [0.4, 0.5) is 0 Å². The number of rotatable bonds is 9. The lowest BCUT2D eigenvalue weighted by Crippen LogP contribution is -2.45. The van der Waals surface area contributed by atoms with E-state index in [0.717, 1.165) is 19.3 Å². The number of ether oxygens (including phenoxy) is 2. The number of hydrogen-bond donors (Lipinski definition) is 1. The maximum absolute atomic E-state index is 12.0. The minimum absolute atomic E-state index is 0.0119. The van der Waals surface area contributed by atoms with Gasteiger partial charge in [0, 0.05) is 5.92 Å². The average molecular weight is 326 g/mol. The first-order valence-corrected chi connectivity index (χ1v) is 8.41. The van der Waals surface area contributed by atoms with E-state index in [1.54, 1.807) is 6.08 Å². The summed E-state index contributed by atoms with van der Waals surface area (Å²) in [6, 6.07) is 0. The molecule has 0 aromatic heterocycles. The van der Waals surface area contributed by atoms with Gasteiger partial charge < -0.3 is 14.6 Å². The molecule has 0 aliphatic carbocycles. The van der Waals surface area contributed by atoms with Crippen LogP contribution < -0.4 is 0 Å². The topological polar surface area (TPSA) is 72.8 Å². The molecule has 1 N–H and O–H groups in total. The molecule has 0 amide bonds. The maximum atomic E-state index is 12.0.